The number of aromatic nitrogens is 4. The van der Waals surface area contributed by atoms with E-state index in [1.807, 2.05) is 20.2 Å². The second-order valence-corrected chi connectivity index (χ2v) is 7.53. The van der Waals surface area contributed by atoms with Crippen LogP contribution in [0.1, 0.15) is 66.6 Å². The molecule has 0 spiro atoms. The van der Waals surface area contributed by atoms with Gasteiger partial charge in [-0.1, -0.05) is 19.3 Å². The topological polar surface area (TPSA) is 66.8 Å². The number of aromatic amines is 1. The fourth-order valence-corrected chi connectivity index (χ4v) is 4.13. The van der Waals surface area contributed by atoms with Crippen LogP contribution >= 0.6 is 0 Å². The summed E-state index contributed by atoms with van der Waals surface area (Å²) in [7, 11) is 2.04. The molecule has 2 aromatic heterocycles. The van der Waals surface area contributed by atoms with Crippen LogP contribution in [-0.2, 0) is 26.6 Å². The summed E-state index contributed by atoms with van der Waals surface area (Å²) in [4.78, 5) is 27.3. The van der Waals surface area contributed by atoms with Crippen molar-refractivity contribution in [3.8, 4) is 0 Å². The molecule has 134 valence electrons. The van der Waals surface area contributed by atoms with E-state index in [1.165, 1.54) is 25.0 Å². The van der Waals surface area contributed by atoms with Crippen molar-refractivity contribution in [3.05, 3.63) is 45.2 Å². The molecule has 0 atom stereocenters. The molecule has 0 bridgehead atoms. The van der Waals surface area contributed by atoms with E-state index in [-0.39, 0.29) is 5.56 Å². The zero-order valence-electron chi connectivity index (χ0n) is 15.2. The molecule has 1 fully saturated rings. The largest absolute Gasteiger partial charge is 0.334 e. The molecule has 0 saturated heterocycles. The smallest absolute Gasteiger partial charge is 0.255 e. The summed E-state index contributed by atoms with van der Waals surface area (Å²) in [5, 5.41) is 0. The second-order valence-electron chi connectivity index (χ2n) is 7.53. The van der Waals surface area contributed by atoms with E-state index < -0.39 is 0 Å². The Morgan fingerprint density at radius 2 is 2.08 bits per heavy atom. The lowest BCUT2D eigenvalue weighted by molar-refractivity contribution is 0.236. The van der Waals surface area contributed by atoms with Gasteiger partial charge in [0.25, 0.3) is 5.56 Å². The van der Waals surface area contributed by atoms with Gasteiger partial charge in [0.15, 0.2) is 0 Å². The molecule has 0 amide bonds. The van der Waals surface area contributed by atoms with E-state index in [0.717, 1.165) is 55.3 Å². The summed E-state index contributed by atoms with van der Waals surface area (Å²) in [6.07, 6.45) is 8.93. The molecule has 0 aromatic carbocycles. The Hall–Kier alpha value is -1.95. The predicted molar refractivity (Wildman–Crippen MR) is 96.4 cm³/mol. The van der Waals surface area contributed by atoms with Crippen LogP contribution in [0.15, 0.2) is 11.0 Å². The van der Waals surface area contributed by atoms with Crippen LogP contribution in [0.5, 0.6) is 0 Å². The number of rotatable bonds is 3. The van der Waals surface area contributed by atoms with Gasteiger partial charge in [-0.25, -0.2) is 9.97 Å². The minimum atomic E-state index is 0.0662. The van der Waals surface area contributed by atoms with Gasteiger partial charge in [0.2, 0.25) is 0 Å². The van der Waals surface area contributed by atoms with Crippen LogP contribution in [0.3, 0.4) is 0 Å². The maximum atomic E-state index is 12.7. The predicted octanol–water partition coefficient (Wildman–Crippen LogP) is 2.42. The van der Waals surface area contributed by atoms with Crippen molar-refractivity contribution < 1.29 is 0 Å². The highest BCUT2D eigenvalue weighted by atomic mass is 16.1. The van der Waals surface area contributed by atoms with E-state index in [4.69, 9.17) is 4.98 Å². The molecule has 3 heterocycles. The number of imidazole rings is 1. The number of hydrogen-bond donors (Lipinski definition) is 1. The normalized spacial score (nSPS) is 19.1. The molecule has 1 N–H and O–H groups in total. The van der Waals surface area contributed by atoms with E-state index >= 15 is 0 Å². The Morgan fingerprint density at radius 1 is 1.28 bits per heavy atom. The van der Waals surface area contributed by atoms with Crippen molar-refractivity contribution in [3.63, 3.8) is 0 Å². The van der Waals surface area contributed by atoms with Gasteiger partial charge in [0, 0.05) is 45.2 Å². The second kappa shape index (κ2) is 6.75. The fraction of sp³-hybridized carbons (Fsp3) is 0.632. The van der Waals surface area contributed by atoms with E-state index in [9.17, 15) is 4.79 Å². The summed E-state index contributed by atoms with van der Waals surface area (Å²) in [6.45, 7) is 4.45. The summed E-state index contributed by atoms with van der Waals surface area (Å²) in [5.74, 6) is 2.39. The quantitative estimate of drug-likeness (QED) is 0.931. The van der Waals surface area contributed by atoms with Crippen molar-refractivity contribution >= 4 is 0 Å². The number of fused-ring (bicyclic) bond motifs is 1. The highest BCUT2D eigenvalue weighted by Crippen LogP contribution is 2.30. The lowest BCUT2D eigenvalue weighted by Crippen LogP contribution is -2.36. The minimum Gasteiger partial charge on any atom is -0.334 e. The van der Waals surface area contributed by atoms with Gasteiger partial charge in [0.05, 0.1) is 17.0 Å². The third kappa shape index (κ3) is 3.27. The lowest BCUT2D eigenvalue weighted by Gasteiger charge is -2.28. The zero-order valence-corrected chi connectivity index (χ0v) is 15.2. The fourth-order valence-electron chi connectivity index (χ4n) is 4.13. The van der Waals surface area contributed by atoms with E-state index in [1.54, 1.807) is 0 Å². The molecule has 0 unspecified atom stereocenters. The Balaban J connectivity index is 1.53. The SMILES string of the molecule is Cc1ncc(CN2CCc3nc(C4CCCCC4)[nH]c(=O)c3C2)n1C. The third-order valence-electron chi connectivity index (χ3n) is 5.86. The van der Waals surface area contributed by atoms with Crippen molar-refractivity contribution in [2.75, 3.05) is 6.54 Å². The van der Waals surface area contributed by atoms with Gasteiger partial charge in [-0.05, 0) is 19.8 Å². The highest BCUT2D eigenvalue weighted by molar-refractivity contribution is 5.22. The van der Waals surface area contributed by atoms with Gasteiger partial charge in [-0.15, -0.1) is 0 Å². The van der Waals surface area contributed by atoms with Gasteiger partial charge >= 0.3 is 0 Å². The maximum Gasteiger partial charge on any atom is 0.255 e. The molecule has 6 heteroatoms. The number of aryl methyl sites for hydroxylation is 1. The van der Waals surface area contributed by atoms with Crippen LogP contribution in [-0.4, -0.2) is 31.0 Å². The first kappa shape index (κ1) is 16.5. The number of H-pyrrole nitrogens is 1. The summed E-state index contributed by atoms with van der Waals surface area (Å²) >= 11 is 0. The first-order valence-corrected chi connectivity index (χ1v) is 9.43. The molecule has 1 aliphatic heterocycles. The number of nitrogens with one attached hydrogen (secondary N) is 1. The Morgan fingerprint density at radius 3 is 2.80 bits per heavy atom. The molecule has 0 radical (unpaired) electrons. The lowest BCUT2D eigenvalue weighted by atomic mass is 9.88. The average molecular weight is 341 g/mol. The van der Waals surface area contributed by atoms with Gasteiger partial charge in [0.1, 0.15) is 11.6 Å². The Bertz CT molecular complexity index is 816. The Kier molecular flexibility index (Phi) is 4.46. The first-order chi connectivity index (χ1) is 12.1. The van der Waals surface area contributed by atoms with Gasteiger partial charge in [-0.3, -0.25) is 9.69 Å². The van der Waals surface area contributed by atoms with E-state index in [0.29, 0.717) is 12.5 Å². The van der Waals surface area contributed by atoms with Crippen LogP contribution in [0.2, 0.25) is 0 Å². The average Bonchev–Trinajstić information content (AvgIpc) is 2.95. The first-order valence-electron chi connectivity index (χ1n) is 9.43. The van der Waals surface area contributed by atoms with Crippen molar-refractivity contribution in [1.29, 1.82) is 0 Å². The zero-order chi connectivity index (χ0) is 17.4. The summed E-state index contributed by atoms with van der Waals surface area (Å²) in [6, 6.07) is 0. The minimum absolute atomic E-state index is 0.0662. The molecule has 2 aromatic rings. The summed E-state index contributed by atoms with van der Waals surface area (Å²) in [5.41, 5.74) is 3.12. The van der Waals surface area contributed by atoms with Crippen LogP contribution in [0.25, 0.3) is 0 Å². The molecule has 2 aliphatic rings. The standard InChI is InChI=1S/C19H27N5O/c1-13-20-10-15(23(13)2)11-24-9-8-17-16(12-24)19(25)22-18(21-17)14-6-4-3-5-7-14/h10,14H,3-9,11-12H2,1-2H3,(H,21,22,25). The Labute approximate surface area is 148 Å². The van der Waals surface area contributed by atoms with Crippen LogP contribution in [0, 0.1) is 6.92 Å². The van der Waals surface area contributed by atoms with Gasteiger partial charge in [-0.2, -0.15) is 0 Å². The molecule has 1 saturated carbocycles. The van der Waals surface area contributed by atoms with Crippen molar-refractivity contribution in [2.24, 2.45) is 7.05 Å². The molecular formula is C19H27N5O. The van der Waals surface area contributed by atoms with Crippen LogP contribution in [0.4, 0.5) is 0 Å². The highest BCUT2D eigenvalue weighted by Gasteiger charge is 2.25. The number of nitrogens with zero attached hydrogens (tertiary/aromatic N) is 4. The van der Waals surface area contributed by atoms with Gasteiger partial charge < -0.3 is 9.55 Å². The molecule has 6 nitrogen and oxygen atoms in total. The molecule has 4 rings (SSSR count). The number of hydrogen-bond acceptors (Lipinski definition) is 4. The monoisotopic (exact) mass is 341 g/mol. The van der Waals surface area contributed by atoms with Crippen molar-refractivity contribution in [2.45, 2.75) is 64.5 Å². The molecule has 25 heavy (non-hydrogen) atoms. The molecular weight excluding hydrogens is 314 g/mol. The van der Waals surface area contributed by atoms with Crippen LogP contribution < -0.4 is 5.56 Å². The molecule has 1 aliphatic carbocycles. The third-order valence-corrected chi connectivity index (χ3v) is 5.86. The van der Waals surface area contributed by atoms with E-state index in [2.05, 4.69) is 19.4 Å². The van der Waals surface area contributed by atoms with Crippen molar-refractivity contribution in [1.82, 2.24) is 24.4 Å². The maximum absolute atomic E-state index is 12.7. The summed E-state index contributed by atoms with van der Waals surface area (Å²) < 4.78 is 2.12.